The first kappa shape index (κ1) is 18.1. The van der Waals surface area contributed by atoms with Crippen molar-refractivity contribution in [2.24, 2.45) is 0 Å². The van der Waals surface area contributed by atoms with Gasteiger partial charge in [0.2, 0.25) is 5.91 Å². The number of likely N-dealkylation sites (N-methyl/N-ethyl adjacent to an activating group) is 1. The smallest absolute Gasteiger partial charge is 0.302 e. The number of nitrogens with zero attached hydrogens (tertiary/aromatic N) is 2. The third-order valence-corrected chi connectivity index (χ3v) is 4.79. The average Bonchev–Trinajstić information content (AvgIpc) is 2.59. The molecule has 24 heavy (non-hydrogen) atoms. The van der Waals surface area contributed by atoms with E-state index in [0.717, 1.165) is 13.1 Å². The molecule has 1 atom stereocenters. The van der Waals surface area contributed by atoms with Crippen molar-refractivity contribution < 1.29 is 14.4 Å². The zero-order chi connectivity index (χ0) is 17.7. The van der Waals surface area contributed by atoms with E-state index in [-0.39, 0.29) is 6.54 Å². The number of hydrogen-bond acceptors (Lipinski definition) is 4. The van der Waals surface area contributed by atoms with Gasteiger partial charge in [0.1, 0.15) is 0 Å². The van der Waals surface area contributed by atoms with Gasteiger partial charge in [0.25, 0.3) is 5.91 Å². The summed E-state index contributed by atoms with van der Waals surface area (Å²) < 4.78 is 0. The summed E-state index contributed by atoms with van der Waals surface area (Å²) in [6.07, 6.45) is 0.302. The van der Waals surface area contributed by atoms with E-state index in [2.05, 4.69) is 10.2 Å². The van der Waals surface area contributed by atoms with Gasteiger partial charge in [0.05, 0.1) is 0 Å². The molecule has 1 aliphatic heterocycles. The Bertz CT molecular complexity index is 613. The normalized spacial score (nSPS) is 21.3. The molecule has 1 heterocycles. The number of urea groups is 1. The molecule has 1 N–H and O–H groups in total. The highest BCUT2D eigenvalue weighted by molar-refractivity contribution is 6.22. The molecule has 1 aromatic rings. The number of hydrogen-bond donors (Lipinski definition) is 1. The summed E-state index contributed by atoms with van der Waals surface area (Å²) in [5.41, 5.74) is -0.714. The van der Waals surface area contributed by atoms with Gasteiger partial charge in [0.15, 0.2) is 5.41 Å². The van der Waals surface area contributed by atoms with E-state index in [0.29, 0.717) is 18.5 Å². The molecule has 1 fully saturated rings. The summed E-state index contributed by atoms with van der Waals surface area (Å²) in [6, 6.07) is 8.32. The number of imide groups is 2. The second-order valence-electron chi connectivity index (χ2n) is 5.87. The van der Waals surface area contributed by atoms with Gasteiger partial charge in [-0.05, 0) is 25.1 Å². The van der Waals surface area contributed by atoms with Crippen LogP contribution in [0.5, 0.6) is 0 Å². The molecule has 1 saturated heterocycles. The van der Waals surface area contributed by atoms with Gasteiger partial charge < -0.3 is 4.90 Å². The Balaban J connectivity index is 2.33. The van der Waals surface area contributed by atoms with Crippen LogP contribution >= 0.6 is 0 Å². The number of carbonyl (C=O) groups is 3. The van der Waals surface area contributed by atoms with Crippen molar-refractivity contribution in [3.63, 3.8) is 0 Å². The summed E-state index contributed by atoms with van der Waals surface area (Å²) in [6.45, 7) is 8.41. The highest BCUT2D eigenvalue weighted by atomic mass is 16.2. The molecule has 130 valence electrons. The van der Waals surface area contributed by atoms with Crippen LogP contribution in [0.3, 0.4) is 0 Å². The summed E-state index contributed by atoms with van der Waals surface area (Å²) in [5.74, 6) is -0.970. The molecule has 6 nitrogen and oxygen atoms in total. The summed E-state index contributed by atoms with van der Waals surface area (Å²) >= 11 is 0. The maximum atomic E-state index is 13.1. The third-order valence-electron chi connectivity index (χ3n) is 4.79. The zero-order valence-electron chi connectivity index (χ0n) is 14.5. The van der Waals surface area contributed by atoms with E-state index in [1.54, 1.807) is 31.2 Å². The Labute approximate surface area is 142 Å². The number of benzene rings is 1. The molecule has 0 radical (unpaired) electrons. The molecule has 0 aromatic heterocycles. The minimum absolute atomic E-state index is 0.272. The van der Waals surface area contributed by atoms with Gasteiger partial charge in [-0.1, -0.05) is 51.1 Å². The Morgan fingerprint density at radius 1 is 1.04 bits per heavy atom. The molecular weight excluding hydrogens is 306 g/mol. The maximum absolute atomic E-state index is 13.1. The molecule has 0 bridgehead atoms. The third kappa shape index (κ3) is 3.06. The fraction of sp³-hybridized carbons (Fsp3) is 0.500. The lowest BCUT2D eigenvalue weighted by molar-refractivity contribution is -0.145. The molecule has 0 spiro atoms. The molecule has 1 unspecified atom stereocenters. The number of carbonyl (C=O) groups excluding carboxylic acids is 3. The van der Waals surface area contributed by atoms with Crippen LogP contribution in [0.25, 0.3) is 0 Å². The van der Waals surface area contributed by atoms with Crippen molar-refractivity contribution in [3.8, 4) is 0 Å². The van der Waals surface area contributed by atoms with Crippen molar-refractivity contribution >= 4 is 17.8 Å². The predicted molar refractivity (Wildman–Crippen MR) is 91.5 cm³/mol. The zero-order valence-corrected chi connectivity index (χ0v) is 14.5. The van der Waals surface area contributed by atoms with Gasteiger partial charge in [0, 0.05) is 13.1 Å². The highest BCUT2D eigenvalue weighted by Gasteiger charge is 2.53. The quantitative estimate of drug-likeness (QED) is 0.773. The number of barbiturate groups is 1. The Morgan fingerprint density at radius 2 is 1.67 bits per heavy atom. The Hall–Kier alpha value is -2.21. The minimum atomic E-state index is -1.33. The van der Waals surface area contributed by atoms with Crippen LogP contribution in [-0.4, -0.2) is 53.8 Å². The fourth-order valence-corrected chi connectivity index (χ4v) is 3.17. The van der Waals surface area contributed by atoms with Crippen LogP contribution in [-0.2, 0) is 15.0 Å². The van der Waals surface area contributed by atoms with E-state index in [9.17, 15) is 14.4 Å². The molecule has 6 heteroatoms. The Kier molecular flexibility index (Phi) is 5.72. The van der Waals surface area contributed by atoms with Crippen molar-refractivity contribution in [2.45, 2.75) is 32.6 Å². The summed E-state index contributed by atoms with van der Waals surface area (Å²) in [4.78, 5) is 41.2. The molecule has 0 aliphatic carbocycles. The van der Waals surface area contributed by atoms with Crippen LogP contribution in [0.15, 0.2) is 30.3 Å². The van der Waals surface area contributed by atoms with Crippen LogP contribution in [0, 0.1) is 0 Å². The van der Waals surface area contributed by atoms with Gasteiger partial charge >= 0.3 is 6.03 Å². The van der Waals surface area contributed by atoms with E-state index >= 15 is 0 Å². The van der Waals surface area contributed by atoms with E-state index in [4.69, 9.17) is 0 Å². The lowest BCUT2D eigenvalue weighted by Gasteiger charge is -2.39. The largest absolute Gasteiger partial charge is 0.330 e. The van der Waals surface area contributed by atoms with Gasteiger partial charge in [-0.15, -0.1) is 0 Å². The fourth-order valence-electron chi connectivity index (χ4n) is 3.17. The number of amides is 4. The first-order valence-corrected chi connectivity index (χ1v) is 8.46. The monoisotopic (exact) mass is 331 g/mol. The van der Waals surface area contributed by atoms with Crippen LogP contribution in [0.4, 0.5) is 4.79 Å². The van der Waals surface area contributed by atoms with E-state index in [1.807, 2.05) is 19.9 Å². The lowest BCUT2D eigenvalue weighted by Crippen LogP contribution is -2.66. The molecule has 0 saturated carbocycles. The summed E-state index contributed by atoms with van der Waals surface area (Å²) in [7, 11) is 0. The van der Waals surface area contributed by atoms with Crippen molar-refractivity contribution in [1.82, 2.24) is 15.1 Å². The molecule has 1 aromatic carbocycles. The first-order valence-electron chi connectivity index (χ1n) is 8.46. The van der Waals surface area contributed by atoms with Gasteiger partial charge in [-0.3, -0.25) is 19.8 Å². The standard InChI is InChI=1S/C18H25N3O3/c1-4-18(14-10-8-7-9-11-14)15(22)19-17(24)21(16(18)23)13-12-20(5-2)6-3/h7-11H,4-6,12-13H2,1-3H3,(H,19,22,24). The number of nitrogens with one attached hydrogen (secondary N) is 1. The second kappa shape index (κ2) is 7.57. The minimum Gasteiger partial charge on any atom is -0.302 e. The summed E-state index contributed by atoms with van der Waals surface area (Å²) in [5, 5.41) is 2.37. The van der Waals surface area contributed by atoms with Gasteiger partial charge in [-0.2, -0.15) is 0 Å². The second-order valence-corrected chi connectivity index (χ2v) is 5.87. The van der Waals surface area contributed by atoms with Crippen molar-refractivity contribution in [2.75, 3.05) is 26.2 Å². The maximum Gasteiger partial charge on any atom is 0.330 e. The molecular formula is C18H25N3O3. The lowest BCUT2D eigenvalue weighted by atomic mass is 9.75. The number of rotatable bonds is 7. The first-order chi connectivity index (χ1) is 11.5. The molecule has 4 amide bonds. The van der Waals surface area contributed by atoms with Crippen molar-refractivity contribution in [3.05, 3.63) is 35.9 Å². The SMILES string of the molecule is CCN(CC)CCN1C(=O)NC(=O)C(CC)(c2ccccc2)C1=O. The van der Waals surface area contributed by atoms with Gasteiger partial charge in [-0.25, -0.2) is 4.79 Å². The molecule has 2 rings (SSSR count). The molecule has 1 aliphatic rings. The highest BCUT2D eigenvalue weighted by Crippen LogP contribution is 2.33. The average molecular weight is 331 g/mol. The van der Waals surface area contributed by atoms with Crippen LogP contribution < -0.4 is 5.32 Å². The van der Waals surface area contributed by atoms with E-state index in [1.165, 1.54) is 4.90 Å². The van der Waals surface area contributed by atoms with Crippen LogP contribution in [0.1, 0.15) is 32.8 Å². The van der Waals surface area contributed by atoms with Crippen molar-refractivity contribution in [1.29, 1.82) is 0 Å². The Morgan fingerprint density at radius 3 is 2.21 bits per heavy atom. The van der Waals surface area contributed by atoms with Crippen LogP contribution in [0.2, 0.25) is 0 Å². The topological polar surface area (TPSA) is 69.7 Å². The van der Waals surface area contributed by atoms with E-state index < -0.39 is 23.3 Å². The predicted octanol–water partition coefficient (Wildman–Crippen LogP) is 1.75.